The van der Waals surface area contributed by atoms with Crippen molar-refractivity contribution in [3.8, 4) is 5.75 Å². The van der Waals surface area contributed by atoms with Gasteiger partial charge in [0.25, 0.3) is 5.91 Å². The first-order valence-corrected chi connectivity index (χ1v) is 13.0. The van der Waals surface area contributed by atoms with Gasteiger partial charge in [-0.1, -0.05) is 11.6 Å². The first-order valence-electron chi connectivity index (χ1n) is 12.6. The van der Waals surface area contributed by atoms with Crippen LogP contribution in [0.2, 0.25) is 5.02 Å². The third kappa shape index (κ3) is 6.34. The van der Waals surface area contributed by atoms with Crippen molar-refractivity contribution in [3.63, 3.8) is 0 Å². The van der Waals surface area contributed by atoms with Gasteiger partial charge in [-0.25, -0.2) is 0 Å². The number of methoxy groups -OCH3 is 1. The second-order valence-corrected chi connectivity index (χ2v) is 10.3. The van der Waals surface area contributed by atoms with Gasteiger partial charge in [0.1, 0.15) is 5.75 Å². The van der Waals surface area contributed by atoms with E-state index >= 15 is 0 Å². The maximum Gasteiger partial charge on any atom is 0.255 e. The number of hydrogen-bond donors (Lipinski definition) is 2. The first kappa shape index (κ1) is 25.1. The molecule has 8 nitrogen and oxygen atoms in total. The van der Waals surface area contributed by atoms with E-state index < -0.39 is 0 Å². The van der Waals surface area contributed by atoms with Crippen LogP contribution in [0, 0.1) is 5.92 Å². The van der Waals surface area contributed by atoms with Gasteiger partial charge in [-0.15, -0.1) is 0 Å². The highest BCUT2D eigenvalue weighted by molar-refractivity contribution is 6.33. The number of ether oxygens (including phenoxy) is 1. The second kappa shape index (κ2) is 11.6. The Morgan fingerprint density at radius 1 is 1.03 bits per heavy atom. The zero-order valence-corrected chi connectivity index (χ0v) is 21.0. The van der Waals surface area contributed by atoms with Crippen LogP contribution in [0.4, 0.5) is 5.69 Å². The van der Waals surface area contributed by atoms with Crippen molar-refractivity contribution in [2.75, 3.05) is 65.2 Å². The summed E-state index contributed by atoms with van der Waals surface area (Å²) >= 11 is 6.11. The highest BCUT2D eigenvalue weighted by atomic mass is 35.5. The molecule has 0 saturated carbocycles. The lowest BCUT2D eigenvalue weighted by Crippen LogP contribution is -2.48. The summed E-state index contributed by atoms with van der Waals surface area (Å²) in [5.41, 5.74) is 6.63. The third-order valence-corrected chi connectivity index (χ3v) is 7.85. The number of anilines is 1. The number of nitrogen functional groups attached to an aromatic ring is 1. The number of amides is 2. The fraction of sp³-hybridized carbons (Fsp3) is 0.680. The minimum atomic E-state index is -0.178. The standard InChI is InChI=1S/C25H38ClN5O3/c1-34-23-15-22(27)21(26)14-20(23)25(33)28-19-6-10-30(11-7-19)16-18-4-12-31(13-5-18)24(32)17-29-8-2-3-9-29/h14-15,18-19H,2-13,16-17,27H2,1H3,(H,28,33). The molecule has 0 bridgehead atoms. The Morgan fingerprint density at radius 2 is 1.71 bits per heavy atom. The second-order valence-electron chi connectivity index (χ2n) is 9.93. The minimum Gasteiger partial charge on any atom is -0.496 e. The van der Waals surface area contributed by atoms with Crippen molar-refractivity contribution >= 4 is 29.1 Å². The zero-order valence-electron chi connectivity index (χ0n) is 20.2. The predicted octanol–water partition coefficient (Wildman–Crippen LogP) is 2.46. The van der Waals surface area contributed by atoms with E-state index in [0.29, 0.717) is 40.4 Å². The molecule has 3 fully saturated rings. The van der Waals surface area contributed by atoms with Crippen molar-refractivity contribution in [2.24, 2.45) is 5.92 Å². The Morgan fingerprint density at radius 3 is 2.35 bits per heavy atom. The van der Waals surface area contributed by atoms with Crippen LogP contribution in [-0.4, -0.2) is 92.0 Å². The predicted molar refractivity (Wildman–Crippen MR) is 134 cm³/mol. The van der Waals surface area contributed by atoms with Gasteiger partial charge in [0.05, 0.1) is 29.9 Å². The fourth-order valence-electron chi connectivity index (χ4n) is 5.40. The number of carbonyl (C=O) groups excluding carboxylic acids is 2. The van der Waals surface area contributed by atoms with E-state index in [2.05, 4.69) is 20.0 Å². The third-order valence-electron chi connectivity index (χ3n) is 7.53. The van der Waals surface area contributed by atoms with E-state index in [4.69, 9.17) is 22.1 Å². The quantitative estimate of drug-likeness (QED) is 0.569. The van der Waals surface area contributed by atoms with Crippen molar-refractivity contribution in [2.45, 2.75) is 44.6 Å². The Kier molecular flexibility index (Phi) is 8.55. The molecule has 34 heavy (non-hydrogen) atoms. The van der Waals surface area contributed by atoms with Gasteiger partial charge in [-0.2, -0.15) is 0 Å². The fourth-order valence-corrected chi connectivity index (χ4v) is 5.56. The average molecular weight is 492 g/mol. The van der Waals surface area contributed by atoms with Crippen molar-refractivity contribution < 1.29 is 14.3 Å². The van der Waals surface area contributed by atoms with Crippen molar-refractivity contribution in [3.05, 3.63) is 22.7 Å². The maximum absolute atomic E-state index is 12.8. The first-order chi connectivity index (χ1) is 16.4. The molecule has 0 atom stereocenters. The largest absolute Gasteiger partial charge is 0.496 e. The molecule has 0 aromatic heterocycles. The highest BCUT2D eigenvalue weighted by Crippen LogP contribution is 2.29. The Bertz CT molecular complexity index is 860. The summed E-state index contributed by atoms with van der Waals surface area (Å²) in [6.07, 6.45) is 6.45. The molecule has 0 radical (unpaired) electrons. The van der Waals surface area contributed by atoms with Crippen LogP contribution in [-0.2, 0) is 4.79 Å². The Labute approximate surface area is 207 Å². The number of halogens is 1. The van der Waals surface area contributed by atoms with Gasteiger partial charge in [-0.3, -0.25) is 14.5 Å². The number of nitrogens with zero attached hydrogens (tertiary/aromatic N) is 3. The monoisotopic (exact) mass is 491 g/mol. The smallest absolute Gasteiger partial charge is 0.255 e. The summed E-state index contributed by atoms with van der Waals surface area (Å²) in [5.74, 6) is 1.20. The number of nitrogens with two attached hydrogens (primary N) is 1. The van der Waals surface area contributed by atoms with Crippen LogP contribution in [0.3, 0.4) is 0 Å². The molecule has 3 saturated heterocycles. The van der Waals surface area contributed by atoms with Crippen LogP contribution in [0.15, 0.2) is 12.1 Å². The summed E-state index contributed by atoms with van der Waals surface area (Å²) in [6, 6.07) is 3.29. The van der Waals surface area contributed by atoms with E-state index in [1.54, 1.807) is 12.1 Å². The Balaban J connectivity index is 1.17. The molecule has 3 N–H and O–H groups in total. The summed E-state index contributed by atoms with van der Waals surface area (Å²) < 4.78 is 5.31. The molecule has 3 heterocycles. The summed E-state index contributed by atoms with van der Waals surface area (Å²) in [6.45, 7) is 7.53. The normalized spacial score (nSPS) is 21.1. The molecule has 0 unspecified atom stereocenters. The van der Waals surface area contributed by atoms with Crippen molar-refractivity contribution in [1.29, 1.82) is 0 Å². The van der Waals surface area contributed by atoms with Gasteiger partial charge in [-0.05, 0) is 63.6 Å². The van der Waals surface area contributed by atoms with Gasteiger partial charge < -0.3 is 25.6 Å². The topological polar surface area (TPSA) is 91.1 Å². The summed E-state index contributed by atoms with van der Waals surface area (Å²) in [7, 11) is 1.52. The minimum absolute atomic E-state index is 0.134. The molecule has 3 aliphatic rings. The molecule has 9 heteroatoms. The molecule has 0 aliphatic carbocycles. The molecule has 4 rings (SSSR count). The molecule has 0 spiro atoms. The number of likely N-dealkylation sites (tertiary alicyclic amines) is 3. The van der Waals surface area contributed by atoms with E-state index in [9.17, 15) is 9.59 Å². The van der Waals surface area contributed by atoms with E-state index in [1.807, 2.05) is 0 Å². The molecule has 2 amide bonds. The average Bonchev–Trinajstić information content (AvgIpc) is 3.35. The molecular weight excluding hydrogens is 454 g/mol. The van der Waals surface area contributed by atoms with Gasteiger partial charge in [0.15, 0.2) is 0 Å². The Hall–Kier alpha value is -2.03. The van der Waals surface area contributed by atoms with Crippen LogP contribution in [0.25, 0.3) is 0 Å². The lowest BCUT2D eigenvalue weighted by molar-refractivity contribution is -0.133. The lowest BCUT2D eigenvalue weighted by atomic mass is 9.94. The van der Waals surface area contributed by atoms with Gasteiger partial charge in [0.2, 0.25) is 5.91 Å². The number of piperidine rings is 2. The molecule has 3 aliphatic heterocycles. The zero-order chi connectivity index (χ0) is 24.1. The van der Waals surface area contributed by atoms with Gasteiger partial charge >= 0.3 is 0 Å². The van der Waals surface area contributed by atoms with E-state index in [-0.39, 0.29) is 11.9 Å². The van der Waals surface area contributed by atoms with Crippen LogP contribution < -0.4 is 15.8 Å². The molecule has 1 aromatic carbocycles. The highest BCUT2D eigenvalue weighted by Gasteiger charge is 2.28. The molecular formula is C25H38ClN5O3. The SMILES string of the molecule is COc1cc(N)c(Cl)cc1C(=O)NC1CCN(CC2CCN(C(=O)CN3CCCC3)CC2)CC1. The van der Waals surface area contributed by atoms with E-state index in [0.717, 1.165) is 71.5 Å². The lowest BCUT2D eigenvalue weighted by Gasteiger charge is -2.38. The van der Waals surface area contributed by atoms with Gasteiger partial charge in [0, 0.05) is 44.8 Å². The van der Waals surface area contributed by atoms with Crippen molar-refractivity contribution in [1.82, 2.24) is 20.0 Å². The summed E-state index contributed by atoms with van der Waals surface area (Å²) in [5, 5.41) is 3.49. The van der Waals surface area contributed by atoms with E-state index in [1.165, 1.54) is 20.0 Å². The van der Waals surface area contributed by atoms with Crippen LogP contribution in [0.5, 0.6) is 5.75 Å². The molecule has 188 valence electrons. The number of rotatable bonds is 7. The number of carbonyl (C=O) groups is 2. The number of nitrogens with one attached hydrogen (secondary N) is 1. The number of hydrogen-bond acceptors (Lipinski definition) is 6. The molecule has 1 aromatic rings. The van der Waals surface area contributed by atoms with Crippen LogP contribution in [0.1, 0.15) is 48.9 Å². The summed E-state index contributed by atoms with van der Waals surface area (Å²) in [4.78, 5) is 32.2. The number of benzene rings is 1. The van der Waals surface area contributed by atoms with Crippen LogP contribution >= 0.6 is 11.6 Å². The maximum atomic E-state index is 12.8.